The number of carbonyl (C=O) groups excluding carboxylic acids is 2. The van der Waals surface area contributed by atoms with Crippen LogP contribution in [0.15, 0.2) is 24.3 Å². The smallest absolute Gasteiger partial charge is 0.245 e. The van der Waals surface area contributed by atoms with Gasteiger partial charge in [0.25, 0.3) is 0 Å². The van der Waals surface area contributed by atoms with E-state index >= 15 is 0 Å². The van der Waals surface area contributed by atoms with Gasteiger partial charge in [-0.05, 0) is 37.5 Å². The molecule has 1 saturated carbocycles. The molecule has 0 unspecified atom stereocenters. The van der Waals surface area contributed by atoms with Crippen molar-refractivity contribution in [3.63, 3.8) is 0 Å². The average molecular weight is 479 g/mol. The fourth-order valence-electron chi connectivity index (χ4n) is 3.54. The van der Waals surface area contributed by atoms with E-state index in [4.69, 9.17) is 28.3 Å². The fraction of sp³-hybridized carbons (Fsp3) is 0.542. The first kappa shape index (κ1) is 24.6. The number of unbranched alkanes of at least 4 members (excludes halogenated alkanes) is 1. The maximum Gasteiger partial charge on any atom is 0.245 e. The van der Waals surface area contributed by atoms with Gasteiger partial charge in [-0.15, -0.1) is 0 Å². The third kappa shape index (κ3) is 5.84. The van der Waals surface area contributed by atoms with Crippen LogP contribution in [0.3, 0.4) is 0 Å². The molecular formula is C24H32Cl2N4O2. The van der Waals surface area contributed by atoms with Gasteiger partial charge in [-0.2, -0.15) is 5.10 Å². The first-order valence-electron chi connectivity index (χ1n) is 11.2. The van der Waals surface area contributed by atoms with E-state index in [1.54, 1.807) is 27.8 Å². The number of nitrogens with zero attached hydrogens (tertiary/aromatic N) is 3. The number of hydrogen-bond donors (Lipinski definition) is 1. The lowest BCUT2D eigenvalue weighted by Crippen LogP contribution is -2.43. The zero-order valence-electron chi connectivity index (χ0n) is 19.3. The lowest BCUT2D eigenvalue weighted by molar-refractivity contribution is -0.140. The van der Waals surface area contributed by atoms with E-state index in [9.17, 15) is 9.59 Å². The second-order valence-corrected chi connectivity index (χ2v) is 10.3. The van der Waals surface area contributed by atoms with Crippen LogP contribution in [0.5, 0.6) is 0 Å². The molecule has 1 fully saturated rings. The predicted molar refractivity (Wildman–Crippen MR) is 130 cm³/mol. The first-order valence-corrected chi connectivity index (χ1v) is 12.0. The van der Waals surface area contributed by atoms with Crippen LogP contribution in [0.25, 0.3) is 5.69 Å². The minimum Gasteiger partial charge on any atom is -0.333 e. The Morgan fingerprint density at radius 1 is 1.19 bits per heavy atom. The van der Waals surface area contributed by atoms with Crippen LogP contribution in [0.1, 0.15) is 65.5 Å². The molecule has 0 atom stereocenters. The summed E-state index contributed by atoms with van der Waals surface area (Å²) >= 11 is 12.3. The van der Waals surface area contributed by atoms with E-state index in [2.05, 4.69) is 33.0 Å². The summed E-state index contributed by atoms with van der Waals surface area (Å²) in [6.07, 6.45) is 4.77. The maximum atomic E-state index is 13.0. The number of hydrogen-bond acceptors (Lipinski definition) is 3. The molecule has 2 amide bonds. The van der Waals surface area contributed by atoms with Gasteiger partial charge in [-0.25, -0.2) is 4.68 Å². The molecule has 1 aliphatic rings. The highest BCUT2D eigenvalue weighted by molar-refractivity contribution is 6.42. The monoisotopic (exact) mass is 478 g/mol. The number of rotatable bonds is 8. The van der Waals surface area contributed by atoms with Crippen LogP contribution in [0.4, 0.5) is 5.82 Å². The third-order valence-electron chi connectivity index (χ3n) is 5.78. The Morgan fingerprint density at radius 2 is 1.91 bits per heavy atom. The van der Waals surface area contributed by atoms with Crippen molar-refractivity contribution >= 4 is 40.8 Å². The average Bonchev–Trinajstić information content (AvgIpc) is 3.10. The van der Waals surface area contributed by atoms with Crippen molar-refractivity contribution in [2.24, 2.45) is 5.92 Å². The highest BCUT2D eigenvalue weighted by Gasteiger charge is 2.30. The zero-order chi connectivity index (χ0) is 23.5. The Labute approximate surface area is 200 Å². The molecule has 32 heavy (non-hydrogen) atoms. The van der Waals surface area contributed by atoms with Gasteiger partial charge in [-0.1, -0.05) is 63.7 Å². The van der Waals surface area contributed by atoms with E-state index in [1.165, 1.54) is 0 Å². The van der Waals surface area contributed by atoms with Crippen molar-refractivity contribution in [2.45, 2.75) is 65.2 Å². The van der Waals surface area contributed by atoms with Crippen molar-refractivity contribution in [3.05, 3.63) is 40.0 Å². The van der Waals surface area contributed by atoms with Crippen molar-refractivity contribution in [1.82, 2.24) is 14.7 Å². The molecule has 0 radical (unpaired) electrons. The van der Waals surface area contributed by atoms with E-state index in [0.29, 0.717) is 28.1 Å². The zero-order valence-corrected chi connectivity index (χ0v) is 20.8. The standard InChI is InChI=1S/C24H32Cl2N4O2/c1-5-6-12-29(23(32)16-8-7-9-16)15-22(31)27-21-14-20(24(2,3)4)28-30(21)17-10-11-18(25)19(26)13-17/h10-11,13-14,16H,5-9,12,15H2,1-4H3,(H,27,31). The van der Waals surface area contributed by atoms with Crippen molar-refractivity contribution in [2.75, 3.05) is 18.4 Å². The minimum absolute atomic E-state index is 0.0345. The largest absolute Gasteiger partial charge is 0.333 e. The van der Waals surface area contributed by atoms with Crippen LogP contribution in [0, 0.1) is 5.92 Å². The molecule has 6 nitrogen and oxygen atoms in total. The fourth-order valence-corrected chi connectivity index (χ4v) is 3.83. The summed E-state index contributed by atoms with van der Waals surface area (Å²) in [5.74, 6) is 0.447. The number of benzene rings is 1. The second-order valence-electron chi connectivity index (χ2n) is 9.46. The summed E-state index contributed by atoms with van der Waals surface area (Å²) in [7, 11) is 0. The molecular weight excluding hydrogens is 447 g/mol. The molecule has 1 aromatic carbocycles. The highest BCUT2D eigenvalue weighted by Crippen LogP contribution is 2.30. The van der Waals surface area contributed by atoms with E-state index in [-0.39, 0.29) is 29.7 Å². The summed E-state index contributed by atoms with van der Waals surface area (Å²) in [6, 6.07) is 7.08. The molecule has 0 saturated heterocycles. The number of anilines is 1. The quantitative estimate of drug-likeness (QED) is 0.517. The minimum atomic E-state index is -0.240. The molecule has 1 aliphatic carbocycles. The van der Waals surface area contributed by atoms with Gasteiger partial charge in [-0.3, -0.25) is 9.59 Å². The highest BCUT2D eigenvalue weighted by atomic mass is 35.5. The van der Waals surface area contributed by atoms with Crippen molar-refractivity contribution in [1.29, 1.82) is 0 Å². The number of halogens is 2. The van der Waals surface area contributed by atoms with Gasteiger partial charge in [0, 0.05) is 23.9 Å². The van der Waals surface area contributed by atoms with Crippen LogP contribution in [0.2, 0.25) is 10.0 Å². The molecule has 1 heterocycles. The Bertz CT molecular complexity index is 977. The lowest BCUT2D eigenvalue weighted by atomic mass is 9.84. The normalized spacial score (nSPS) is 14.2. The van der Waals surface area contributed by atoms with Crippen molar-refractivity contribution in [3.8, 4) is 5.69 Å². The van der Waals surface area contributed by atoms with Crippen LogP contribution in [-0.4, -0.2) is 39.6 Å². The molecule has 3 rings (SSSR count). The number of carbonyl (C=O) groups is 2. The number of aromatic nitrogens is 2. The van der Waals surface area contributed by atoms with Gasteiger partial charge in [0.05, 0.1) is 28.0 Å². The molecule has 0 aliphatic heterocycles. The van der Waals surface area contributed by atoms with Crippen molar-refractivity contribution < 1.29 is 9.59 Å². The summed E-state index contributed by atoms with van der Waals surface area (Å²) in [5, 5.41) is 8.53. The van der Waals surface area contributed by atoms with E-state index in [0.717, 1.165) is 37.8 Å². The molecule has 0 bridgehead atoms. The van der Waals surface area contributed by atoms with Crippen LogP contribution >= 0.6 is 23.2 Å². The van der Waals surface area contributed by atoms with Crippen LogP contribution < -0.4 is 5.32 Å². The molecule has 1 N–H and O–H groups in total. The second kappa shape index (κ2) is 10.3. The van der Waals surface area contributed by atoms with Gasteiger partial charge in [0.2, 0.25) is 11.8 Å². The van der Waals surface area contributed by atoms with Crippen LogP contribution in [-0.2, 0) is 15.0 Å². The lowest BCUT2D eigenvalue weighted by Gasteiger charge is -2.31. The van der Waals surface area contributed by atoms with Gasteiger partial charge in [0.1, 0.15) is 5.82 Å². The van der Waals surface area contributed by atoms with E-state index < -0.39 is 0 Å². The summed E-state index contributed by atoms with van der Waals surface area (Å²) in [4.78, 5) is 27.5. The third-order valence-corrected chi connectivity index (χ3v) is 6.51. The summed E-state index contributed by atoms with van der Waals surface area (Å²) in [5.41, 5.74) is 1.31. The molecule has 8 heteroatoms. The Hall–Kier alpha value is -2.05. The van der Waals surface area contributed by atoms with Gasteiger partial charge >= 0.3 is 0 Å². The topological polar surface area (TPSA) is 67.2 Å². The predicted octanol–water partition coefficient (Wildman–Crippen LogP) is 5.84. The number of amides is 2. The Balaban J connectivity index is 1.84. The number of nitrogens with one attached hydrogen (secondary N) is 1. The Kier molecular flexibility index (Phi) is 7.88. The van der Waals surface area contributed by atoms with E-state index in [1.807, 2.05) is 6.07 Å². The van der Waals surface area contributed by atoms with Gasteiger partial charge in [0.15, 0.2) is 0 Å². The molecule has 174 valence electrons. The summed E-state index contributed by atoms with van der Waals surface area (Å²) in [6.45, 7) is 8.89. The molecule has 2 aromatic rings. The summed E-state index contributed by atoms with van der Waals surface area (Å²) < 4.78 is 1.66. The molecule has 1 aromatic heterocycles. The molecule has 0 spiro atoms. The maximum absolute atomic E-state index is 13.0. The SMILES string of the molecule is CCCCN(CC(=O)Nc1cc(C(C)(C)C)nn1-c1ccc(Cl)c(Cl)c1)C(=O)C1CCC1. The Morgan fingerprint density at radius 3 is 2.47 bits per heavy atom. The first-order chi connectivity index (χ1) is 15.1. The van der Waals surface area contributed by atoms with Gasteiger partial charge < -0.3 is 10.2 Å².